The zero-order valence-electron chi connectivity index (χ0n) is 7.55. The van der Waals surface area contributed by atoms with Crippen LogP contribution >= 0.6 is 0 Å². The average Bonchev–Trinajstić information content (AvgIpc) is 2.20. The van der Waals surface area contributed by atoms with E-state index >= 15 is 0 Å². The summed E-state index contributed by atoms with van der Waals surface area (Å²) in [5.41, 5.74) is 4.65. The molecule has 0 spiro atoms. The highest BCUT2D eigenvalue weighted by molar-refractivity contribution is 5.56. The second-order valence-corrected chi connectivity index (χ2v) is 2.93. The summed E-state index contributed by atoms with van der Waals surface area (Å²) in [6, 6.07) is 0.862. The Kier molecular flexibility index (Phi) is 3.05. The summed E-state index contributed by atoms with van der Waals surface area (Å²) in [7, 11) is 0. The molecule has 0 heterocycles. The molecule has 0 aliphatic rings. The Morgan fingerprint density at radius 1 is 1.53 bits per heavy atom. The molecule has 0 saturated heterocycles. The highest BCUT2D eigenvalue weighted by Crippen LogP contribution is 2.37. The molecule has 1 rings (SSSR count). The van der Waals surface area contributed by atoms with Crippen molar-refractivity contribution in [2.24, 2.45) is 5.73 Å². The Hall–Kier alpha value is -1.89. The van der Waals surface area contributed by atoms with Gasteiger partial charge in [-0.25, -0.2) is 4.39 Å². The van der Waals surface area contributed by atoms with Gasteiger partial charge in [-0.1, -0.05) is 0 Å². The summed E-state index contributed by atoms with van der Waals surface area (Å²) in [6.45, 7) is -0.915. The second-order valence-electron chi connectivity index (χ2n) is 2.93. The molecule has 7 heteroatoms. The smallest absolute Gasteiger partial charge is 0.314 e. The van der Waals surface area contributed by atoms with Crippen LogP contribution in [0.4, 0.5) is 10.1 Å². The predicted molar refractivity (Wildman–Crippen MR) is 49.3 cm³/mol. The quantitative estimate of drug-likeness (QED) is 0.396. The molecular weight excluding hydrogens is 207 g/mol. The molecule has 0 aromatic heterocycles. The van der Waals surface area contributed by atoms with E-state index in [1.54, 1.807) is 0 Å². The van der Waals surface area contributed by atoms with Crippen molar-refractivity contribution in [2.75, 3.05) is 6.67 Å². The van der Waals surface area contributed by atoms with E-state index in [9.17, 15) is 14.5 Å². The van der Waals surface area contributed by atoms with Gasteiger partial charge >= 0.3 is 5.69 Å². The molecule has 0 aliphatic carbocycles. The molecule has 1 aromatic carbocycles. The number of aromatic hydroxyl groups is 2. The standard InChI is InChI=1S/C8H9FN2O4/c9-3-5(10)4-1-6(11(14)15)8(13)7(12)2-4/h1-2,5,12-13H,3,10H2/t5-/m0/s1. The minimum atomic E-state index is -1.06. The zero-order chi connectivity index (χ0) is 11.6. The number of rotatable bonds is 3. The number of alkyl halides is 1. The number of phenolic OH excluding ortho intramolecular Hbond substituents is 2. The molecule has 0 aliphatic heterocycles. The monoisotopic (exact) mass is 216 g/mol. The number of hydrogen-bond acceptors (Lipinski definition) is 5. The van der Waals surface area contributed by atoms with Gasteiger partial charge in [-0.15, -0.1) is 0 Å². The van der Waals surface area contributed by atoms with Crippen LogP contribution in [-0.2, 0) is 0 Å². The van der Waals surface area contributed by atoms with Crippen LogP contribution in [0.3, 0.4) is 0 Å². The molecule has 6 nitrogen and oxygen atoms in total. The fraction of sp³-hybridized carbons (Fsp3) is 0.250. The van der Waals surface area contributed by atoms with E-state index in [1.807, 2.05) is 0 Å². The van der Waals surface area contributed by atoms with Crippen LogP contribution in [0, 0.1) is 10.1 Å². The summed E-state index contributed by atoms with van der Waals surface area (Å²) in [5.74, 6) is -1.54. The third-order valence-electron chi connectivity index (χ3n) is 1.88. The number of phenols is 2. The van der Waals surface area contributed by atoms with Gasteiger partial charge in [0.2, 0.25) is 5.75 Å². The van der Waals surface area contributed by atoms with Crippen LogP contribution in [0.15, 0.2) is 12.1 Å². The minimum absolute atomic E-state index is 0.0551. The molecule has 1 atom stereocenters. The number of benzene rings is 1. The van der Waals surface area contributed by atoms with Gasteiger partial charge in [-0.3, -0.25) is 10.1 Å². The van der Waals surface area contributed by atoms with Crippen molar-refractivity contribution in [3.63, 3.8) is 0 Å². The van der Waals surface area contributed by atoms with E-state index in [-0.39, 0.29) is 5.56 Å². The molecule has 0 amide bonds. The van der Waals surface area contributed by atoms with E-state index in [0.717, 1.165) is 12.1 Å². The Morgan fingerprint density at radius 3 is 2.60 bits per heavy atom. The lowest BCUT2D eigenvalue weighted by atomic mass is 10.1. The predicted octanol–water partition coefficient (Wildman–Crippen LogP) is 0.975. The lowest BCUT2D eigenvalue weighted by molar-refractivity contribution is -0.386. The number of nitro benzene ring substituents is 1. The maximum atomic E-state index is 12.2. The fourth-order valence-corrected chi connectivity index (χ4v) is 1.07. The maximum Gasteiger partial charge on any atom is 0.314 e. The maximum absolute atomic E-state index is 12.2. The van der Waals surface area contributed by atoms with Gasteiger partial charge in [0, 0.05) is 6.07 Å². The van der Waals surface area contributed by atoms with Crippen LogP contribution in [0.25, 0.3) is 0 Å². The number of nitrogens with zero attached hydrogens (tertiary/aromatic N) is 1. The molecule has 0 unspecified atom stereocenters. The Bertz CT molecular complexity index is 396. The van der Waals surface area contributed by atoms with Crippen LogP contribution in [0.2, 0.25) is 0 Å². The van der Waals surface area contributed by atoms with E-state index in [0.29, 0.717) is 0 Å². The highest BCUT2D eigenvalue weighted by Gasteiger charge is 2.20. The molecule has 0 fully saturated rings. The van der Waals surface area contributed by atoms with Crippen LogP contribution < -0.4 is 5.73 Å². The molecule has 0 bridgehead atoms. The van der Waals surface area contributed by atoms with Crippen molar-refractivity contribution in [2.45, 2.75) is 6.04 Å². The molecule has 82 valence electrons. The molecule has 0 radical (unpaired) electrons. The van der Waals surface area contributed by atoms with Crippen molar-refractivity contribution < 1.29 is 19.5 Å². The second kappa shape index (κ2) is 4.09. The van der Waals surface area contributed by atoms with Gasteiger partial charge in [-0.05, 0) is 11.6 Å². The Labute approximate surface area is 83.9 Å². The first kappa shape index (κ1) is 11.2. The van der Waals surface area contributed by atoms with Crippen LogP contribution in [0.1, 0.15) is 11.6 Å². The van der Waals surface area contributed by atoms with E-state index in [4.69, 9.17) is 15.9 Å². The molecule has 0 saturated carbocycles. The third-order valence-corrected chi connectivity index (χ3v) is 1.88. The summed E-state index contributed by atoms with van der Waals surface area (Å²) in [5, 5.41) is 28.7. The van der Waals surface area contributed by atoms with Crippen molar-refractivity contribution in [1.29, 1.82) is 0 Å². The summed E-state index contributed by atoms with van der Waals surface area (Å²) >= 11 is 0. The first-order valence-corrected chi connectivity index (χ1v) is 3.99. The van der Waals surface area contributed by atoms with Crippen LogP contribution in [0.5, 0.6) is 11.5 Å². The SMILES string of the molecule is N[C@@H](CF)c1cc(O)c(O)c([N+](=O)[O-])c1. The molecule has 15 heavy (non-hydrogen) atoms. The third kappa shape index (κ3) is 2.13. The van der Waals surface area contributed by atoms with Gasteiger partial charge in [0.25, 0.3) is 0 Å². The highest BCUT2D eigenvalue weighted by atomic mass is 19.1. The molecule has 4 N–H and O–H groups in total. The molecule has 1 aromatic rings. The van der Waals surface area contributed by atoms with Crippen molar-refractivity contribution >= 4 is 5.69 Å². The normalized spacial score (nSPS) is 12.4. The zero-order valence-corrected chi connectivity index (χ0v) is 7.55. The van der Waals surface area contributed by atoms with Crippen molar-refractivity contribution in [1.82, 2.24) is 0 Å². The van der Waals surface area contributed by atoms with Gasteiger partial charge in [-0.2, -0.15) is 0 Å². The van der Waals surface area contributed by atoms with E-state index < -0.39 is 34.8 Å². The summed E-state index contributed by atoms with van der Waals surface area (Å²) in [4.78, 5) is 9.55. The van der Waals surface area contributed by atoms with Crippen molar-refractivity contribution in [3.05, 3.63) is 27.8 Å². The topological polar surface area (TPSA) is 110 Å². The first-order chi connectivity index (χ1) is 6.97. The van der Waals surface area contributed by atoms with E-state index in [2.05, 4.69) is 0 Å². The van der Waals surface area contributed by atoms with Crippen molar-refractivity contribution in [3.8, 4) is 11.5 Å². The van der Waals surface area contributed by atoms with E-state index in [1.165, 1.54) is 0 Å². The number of halogens is 1. The molecular formula is C8H9FN2O4. The van der Waals surface area contributed by atoms with Gasteiger partial charge in [0.1, 0.15) is 6.67 Å². The van der Waals surface area contributed by atoms with Gasteiger partial charge in [0.15, 0.2) is 5.75 Å². The lowest BCUT2D eigenvalue weighted by Crippen LogP contribution is -2.12. The Morgan fingerprint density at radius 2 is 2.13 bits per heavy atom. The minimum Gasteiger partial charge on any atom is -0.504 e. The Balaban J connectivity index is 3.29. The van der Waals surface area contributed by atoms with Crippen LogP contribution in [-0.4, -0.2) is 21.8 Å². The summed E-state index contributed by atoms with van der Waals surface area (Å²) in [6.07, 6.45) is 0. The first-order valence-electron chi connectivity index (χ1n) is 3.99. The number of nitrogens with two attached hydrogens (primary N) is 1. The summed E-state index contributed by atoms with van der Waals surface area (Å²) < 4.78 is 12.2. The lowest BCUT2D eigenvalue weighted by Gasteiger charge is -2.08. The number of hydrogen-bond donors (Lipinski definition) is 3. The fourth-order valence-electron chi connectivity index (χ4n) is 1.07. The van der Waals surface area contributed by atoms with Gasteiger partial charge in [0.05, 0.1) is 11.0 Å². The number of nitro groups is 1. The average molecular weight is 216 g/mol. The van der Waals surface area contributed by atoms with Gasteiger partial charge < -0.3 is 15.9 Å². The largest absolute Gasteiger partial charge is 0.504 e.